The number of nitrogens with one attached hydrogen (secondary N) is 1. The Morgan fingerprint density at radius 2 is 2.25 bits per heavy atom. The van der Waals surface area contributed by atoms with Crippen LogP contribution in [0.15, 0.2) is 46.3 Å². The maximum absolute atomic E-state index is 12.3. The summed E-state index contributed by atoms with van der Waals surface area (Å²) in [6.07, 6.45) is 1.58. The van der Waals surface area contributed by atoms with E-state index in [0.29, 0.717) is 21.8 Å². The summed E-state index contributed by atoms with van der Waals surface area (Å²) in [7, 11) is 0. The highest BCUT2D eigenvalue weighted by atomic mass is 35.5. The third-order valence-corrected chi connectivity index (χ3v) is 4.43. The lowest BCUT2D eigenvalue weighted by atomic mass is 10.3. The number of hydrogen-bond acceptors (Lipinski definition) is 6. The van der Waals surface area contributed by atoms with E-state index in [4.69, 9.17) is 16.1 Å². The van der Waals surface area contributed by atoms with Crippen LogP contribution in [0.2, 0.25) is 5.02 Å². The lowest BCUT2D eigenvalue weighted by Gasteiger charge is -2.11. The first-order valence-corrected chi connectivity index (χ1v) is 8.35. The van der Waals surface area contributed by atoms with Crippen LogP contribution < -0.4 is 5.32 Å². The van der Waals surface area contributed by atoms with E-state index in [-0.39, 0.29) is 5.91 Å². The van der Waals surface area contributed by atoms with Crippen molar-refractivity contribution in [1.82, 2.24) is 19.9 Å². The second kappa shape index (κ2) is 7.06. The van der Waals surface area contributed by atoms with E-state index in [9.17, 15) is 4.79 Å². The molecule has 1 unspecified atom stereocenters. The van der Waals surface area contributed by atoms with Gasteiger partial charge in [0.15, 0.2) is 11.0 Å². The molecule has 0 aliphatic heterocycles. The maximum atomic E-state index is 12.3. The normalized spacial score (nSPS) is 12.1. The fourth-order valence-electron chi connectivity index (χ4n) is 1.97. The number of aryl methyl sites for hydroxylation is 1. The number of hydrogen-bond donors (Lipinski definition) is 1. The molecule has 24 heavy (non-hydrogen) atoms. The summed E-state index contributed by atoms with van der Waals surface area (Å²) in [5.74, 6) is 0.821. The number of nitrogens with zero attached hydrogens (tertiary/aromatic N) is 4. The number of halogens is 1. The first-order valence-electron chi connectivity index (χ1n) is 7.10. The molecule has 0 radical (unpaired) electrons. The van der Waals surface area contributed by atoms with Crippen molar-refractivity contribution in [1.29, 1.82) is 0 Å². The molecule has 9 heteroatoms. The summed E-state index contributed by atoms with van der Waals surface area (Å²) in [4.78, 5) is 12.3. The van der Waals surface area contributed by atoms with Crippen molar-refractivity contribution in [3.8, 4) is 5.69 Å². The van der Waals surface area contributed by atoms with Crippen LogP contribution in [-0.2, 0) is 4.79 Å². The summed E-state index contributed by atoms with van der Waals surface area (Å²) in [5.41, 5.74) is 0.828. The van der Waals surface area contributed by atoms with E-state index in [1.54, 1.807) is 42.9 Å². The third kappa shape index (κ3) is 3.77. The summed E-state index contributed by atoms with van der Waals surface area (Å²) < 4.78 is 6.71. The van der Waals surface area contributed by atoms with Crippen LogP contribution in [-0.4, -0.2) is 31.1 Å². The molecule has 3 rings (SSSR count). The SMILES string of the molecule is Cc1cc(NC(=O)C(C)Sc2nncn2-c2cccc(Cl)c2)no1. The molecular formula is C15H14ClN5O2S. The van der Waals surface area contributed by atoms with E-state index in [1.165, 1.54) is 11.8 Å². The lowest BCUT2D eigenvalue weighted by molar-refractivity contribution is -0.115. The van der Waals surface area contributed by atoms with Crippen molar-refractivity contribution in [3.63, 3.8) is 0 Å². The van der Waals surface area contributed by atoms with E-state index in [1.807, 2.05) is 12.1 Å². The maximum Gasteiger partial charge on any atom is 0.238 e. The van der Waals surface area contributed by atoms with Crippen molar-refractivity contribution < 1.29 is 9.32 Å². The fraction of sp³-hybridized carbons (Fsp3) is 0.200. The Hall–Kier alpha value is -2.32. The number of anilines is 1. The van der Waals surface area contributed by atoms with Crippen molar-refractivity contribution >= 4 is 35.1 Å². The zero-order chi connectivity index (χ0) is 17.1. The van der Waals surface area contributed by atoms with Gasteiger partial charge < -0.3 is 9.84 Å². The number of rotatable bonds is 5. The van der Waals surface area contributed by atoms with Crippen molar-refractivity contribution in [2.24, 2.45) is 0 Å². The Bertz CT molecular complexity index is 863. The molecule has 0 saturated heterocycles. The quantitative estimate of drug-likeness (QED) is 0.700. The molecule has 0 fully saturated rings. The van der Waals surface area contributed by atoms with Gasteiger partial charge in [-0.1, -0.05) is 34.6 Å². The minimum atomic E-state index is -0.399. The van der Waals surface area contributed by atoms with E-state index < -0.39 is 5.25 Å². The second-order valence-electron chi connectivity index (χ2n) is 5.04. The van der Waals surface area contributed by atoms with Gasteiger partial charge in [-0.3, -0.25) is 9.36 Å². The molecule has 0 aliphatic rings. The average Bonchev–Trinajstić information content (AvgIpc) is 3.16. The van der Waals surface area contributed by atoms with Gasteiger partial charge in [-0.15, -0.1) is 10.2 Å². The van der Waals surface area contributed by atoms with Crippen molar-refractivity contribution in [3.05, 3.63) is 47.4 Å². The van der Waals surface area contributed by atoms with Gasteiger partial charge in [-0.25, -0.2) is 0 Å². The lowest BCUT2D eigenvalue weighted by Crippen LogP contribution is -2.23. The van der Waals surface area contributed by atoms with Crippen LogP contribution >= 0.6 is 23.4 Å². The smallest absolute Gasteiger partial charge is 0.238 e. The predicted octanol–water partition coefficient (Wildman–Crippen LogP) is 3.34. The highest BCUT2D eigenvalue weighted by Gasteiger charge is 2.19. The standard InChI is InChI=1S/C15H14ClN5O2S/c1-9-6-13(20-23-9)18-14(22)10(2)24-15-19-17-8-21(15)12-5-3-4-11(16)7-12/h3-8,10H,1-2H3,(H,18,20,22). The number of amides is 1. The molecule has 0 spiro atoms. The van der Waals surface area contributed by atoms with Crippen LogP contribution in [0.5, 0.6) is 0 Å². The van der Waals surface area contributed by atoms with Crippen molar-refractivity contribution in [2.45, 2.75) is 24.3 Å². The van der Waals surface area contributed by atoms with Crippen LogP contribution in [0, 0.1) is 6.92 Å². The van der Waals surface area contributed by atoms with E-state index in [2.05, 4.69) is 20.7 Å². The van der Waals surface area contributed by atoms with E-state index >= 15 is 0 Å². The summed E-state index contributed by atoms with van der Waals surface area (Å²) in [6.45, 7) is 3.54. The molecule has 7 nitrogen and oxygen atoms in total. The molecule has 0 bridgehead atoms. The molecule has 2 aromatic heterocycles. The van der Waals surface area contributed by atoms with Gasteiger partial charge >= 0.3 is 0 Å². The topological polar surface area (TPSA) is 85.8 Å². The Morgan fingerprint density at radius 3 is 2.96 bits per heavy atom. The van der Waals surface area contributed by atoms with Gasteiger partial charge in [0, 0.05) is 11.1 Å². The molecule has 2 heterocycles. The largest absolute Gasteiger partial charge is 0.360 e. The minimum absolute atomic E-state index is 0.200. The Balaban J connectivity index is 1.72. The first kappa shape index (κ1) is 16.5. The average molecular weight is 364 g/mol. The fourth-order valence-corrected chi connectivity index (χ4v) is 3.00. The number of benzene rings is 1. The first-order chi connectivity index (χ1) is 11.5. The van der Waals surface area contributed by atoms with Gasteiger partial charge in [-0.2, -0.15) is 0 Å². The van der Waals surface area contributed by atoms with Gasteiger partial charge in [0.05, 0.1) is 10.9 Å². The Labute approximate surface area is 147 Å². The second-order valence-corrected chi connectivity index (χ2v) is 6.78. The van der Waals surface area contributed by atoms with Crippen LogP contribution in [0.25, 0.3) is 5.69 Å². The van der Waals surface area contributed by atoms with Crippen LogP contribution in [0.4, 0.5) is 5.82 Å². The molecule has 3 aromatic rings. The Kier molecular flexibility index (Phi) is 4.86. The molecular weight excluding hydrogens is 350 g/mol. The molecule has 1 N–H and O–H groups in total. The molecule has 1 aromatic carbocycles. The number of carbonyl (C=O) groups is 1. The molecule has 0 aliphatic carbocycles. The van der Waals surface area contributed by atoms with Gasteiger partial charge in [0.2, 0.25) is 5.91 Å². The monoisotopic (exact) mass is 363 g/mol. The minimum Gasteiger partial charge on any atom is -0.360 e. The summed E-state index contributed by atoms with van der Waals surface area (Å²) in [5, 5.41) is 15.2. The third-order valence-electron chi connectivity index (χ3n) is 3.13. The van der Waals surface area contributed by atoms with Gasteiger partial charge in [-0.05, 0) is 32.0 Å². The van der Waals surface area contributed by atoms with E-state index in [0.717, 1.165) is 5.69 Å². The number of aromatic nitrogens is 4. The zero-order valence-electron chi connectivity index (χ0n) is 12.9. The van der Waals surface area contributed by atoms with Crippen LogP contribution in [0.3, 0.4) is 0 Å². The predicted molar refractivity (Wildman–Crippen MR) is 91.6 cm³/mol. The summed E-state index contributed by atoms with van der Waals surface area (Å²) in [6, 6.07) is 8.98. The molecule has 1 atom stereocenters. The summed E-state index contributed by atoms with van der Waals surface area (Å²) >= 11 is 7.31. The molecule has 124 valence electrons. The van der Waals surface area contributed by atoms with Crippen LogP contribution in [0.1, 0.15) is 12.7 Å². The zero-order valence-corrected chi connectivity index (χ0v) is 14.5. The van der Waals surface area contributed by atoms with Gasteiger partial charge in [0.1, 0.15) is 12.1 Å². The number of carbonyl (C=O) groups excluding carboxylic acids is 1. The highest BCUT2D eigenvalue weighted by Crippen LogP contribution is 2.25. The molecule has 1 amide bonds. The highest BCUT2D eigenvalue weighted by molar-refractivity contribution is 8.00. The van der Waals surface area contributed by atoms with Gasteiger partial charge in [0.25, 0.3) is 0 Å². The Morgan fingerprint density at radius 1 is 1.42 bits per heavy atom. The van der Waals surface area contributed by atoms with Crippen molar-refractivity contribution in [2.75, 3.05) is 5.32 Å². The molecule has 0 saturated carbocycles. The number of thioether (sulfide) groups is 1.